The van der Waals surface area contributed by atoms with Crippen molar-refractivity contribution < 1.29 is 9.84 Å². The van der Waals surface area contributed by atoms with E-state index in [0.29, 0.717) is 0 Å². The Labute approximate surface area is 138 Å². The van der Waals surface area contributed by atoms with Gasteiger partial charge in [0.2, 0.25) is 0 Å². The van der Waals surface area contributed by atoms with E-state index in [2.05, 4.69) is 13.0 Å². The topological polar surface area (TPSA) is 55.5 Å². The van der Waals surface area contributed by atoms with E-state index in [1.165, 1.54) is 70.6 Å². The van der Waals surface area contributed by atoms with Gasteiger partial charge in [0.1, 0.15) is 0 Å². The van der Waals surface area contributed by atoms with E-state index in [4.69, 9.17) is 15.6 Å². The van der Waals surface area contributed by atoms with Crippen molar-refractivity contribution >= 4 is 0 Å². The zero-order chi connectivity index (χ0) is 16.5. The first-order valence-corrected chi connectivity index (χ1v) is 9.32. The maximum absolute atomic E-state index is 9.00. The lowest BCUT2D eigenvalue weighted by molar-refractivity contribution is 0.0927. The number of hydrogen-bond acceptors (Lipinski definition) is 3. The molecule has 22 heavy (non-hydrogen) atoms. The number of methoxy groups -OCH3 is 1. The van der Waals surface area contributed by atoms with E-state index in [1.54, 1.807) is 7.11 Å². The first kappa shape index (κ1) is 21.6. The second kappa shape index (κ2) is 17.0. The SMILES string of the molecule is CCCCCCCCCCCCCC=C[C@@H](OC)[C@@H](N)CO. The van der Waals surface area contributed by atoms with Crippen molar-refractivity contribution in [3.8, 4) is 0 Å². The molecular weight excluding hydrogens is 274 g/mol. The molecule has 0 aliphatic carbocycles. The summed E-state index contributed by atoms with van der Waals surface area (Å²) in [6.07, 6.45) is 20.1. The molecule has 132 valence electrons. The number of allylic oxidation sites excluding steroid dienone is 1. The quantitative estimate of drug-likeness (QED) is 0.324. The third kappa shape index (κ3) is 13.3. The molecule has 0 aromatic rings. The molecule has 0 unspecified atom stereocenters. The van der Waals surface area contributed by atoms with Crippen molar-refractivity contribution in [2.45, 2.75) is 96.1 Å². The molecule has 3 heteroatoms. The lowest BCUT2D eigenvalue weighted by atomic mass is 10.0. The number of nitrogens with two attached hydrogens (primary N) is 1. The van der Waals surface area contributed by atoms with Gasteiger partial charge in [0.15, 0.2) is 0 Å². The molecule has 0 rings (SSSR count). The summed E-state index contributed by atoms with van der Waals surface area (Å²) in [6.45, 7) is 2.23. The molecule has 0 amide bonds. The molecule has 3 N–H and O–H groups in total. The van der Waals surface area contributed by atoms with Crippen LogP contribution in [0.2, 0.25) is 0 Å². The van der Waals surface area contributed by atoms with Gasteiger partial charge in [-0.2, -0.15) is 0 Å². The molecule has 3 nitrogen and oxygen atoms in total. The summed E-state index contributed by atoms with van der Waals surface area (Å²) >= 11 is 0. The van der Waals surface area contributed by atoms with Crippen LogP contribution in [-0.4, -0.2) is 31.0 Å². The zero-order valence-corrected chi connectivity index (χ0v) is 14.9. The maximum atomic E-state index is 9.00. The highest BCUT2D eigenvalue weighted by Gasteiger charge is 2.11. The van der Waals surface area contributed by atoms with Crippen LogP contribution in [0.1, 0.15) is 84.0 Å². The van der Waals surface area contributed by atoms with Crippen molar-refractivity contribution in [1.82, 2.24) is 0 Å². The van der Waals surface area contributed by atoms with Gasteiger partial charge >= 0.3 is 0 Å². The summed E-state index contributed by atoms with van der Waals surface area (Å²) in [5, 5.41) is 9.00. The predicted molar refractivity (Wildman–Crippen MR) is 96.1 cm³/mol. The molecule has 0 fully saturated rings. The number of unbranched alkanes of at least 4 members (excludes halogenated alkanes) is 11. The fraction of sp³-hybridized carbons (Fsp3) is 0.895. The monoisotopic (exact) mass is 313 g/mol. The largest absolute Gasteiger partial charge is 0.395 e. The smallest absolute Gasteiger partial charge is 0.0925 e. The van der Waals surface area contributed by atoms with Crippen molar-refractivity contribution in [2.75, 3.05) is 13.7 Å². The van der Waals surface area contributed by atoms with Crippen LogP contribution in [-0.2, 0) is 4.74 Å². The van der Waals surface area contributed by atoms with Gasteiger partial charge in [0.05, 0.1) is 18.8 Å². The van der Waals surface area contributed by atoms with Gasteiger partial charge in [-0.15, -0.1) is 0 Å². The summed E-state index contributed by atoms with van der Waals surface area (Å²) in [5.74, 6) is 0. The molecule has 0 radical (unpaired) electrons. The van der Waals surface area contributed by atoms with Crippen LogP contribution in [0.3, 0.4) is 0 Å². The molecule has 0 aromatic heterocycles. The second-order valence-corrected chi connectivity index (χ2v) is 6.30. The lowest BCUT2D eigenvalue weighted by Crippen LogP contribution is -2.37. The lowest BCUT2D eigenvalue weighted by Gasteiger charge is -2.16. The van der Waals surface area contributed by atoms with Crippen LogP contribution in [0.5, 0.6) is 0 Å². The number of rotatable bonds is 16. The van der Waals surface area contributed by atoms with E-state index in [0.717, 1.165) is 6.42 Å². The minimum absolute atomic E-state index is 0.0404. The maximum Gasteiger partial charge on any atom is 0.0925 e. The Kier molecular flexibility index (Phi) is 16.7. The highest BCUT2D eigenvalue weighted by Crippen LogP contribution is 2.12. The summed E-state index contributed by atoms with van der Waals surface area (Å²) in [4.78, 5) is 0. The van der Waals surface area contributed by atoms with E-state index in [1.807, 2.05) is 6.08 Å². The minimum Gasteiger partial charge on any atom is -0.395 e. The second-order valence-electron chi connectivity index (χ2n) is 6.30. The van der Waals surface area contributed by atoms with Crippen LogP contribution >= 0.6 is 0 Å². The minimum atomic E-state index is -0.321. The average Bonchev–Trinajstić information content (AvgIpc) is 2.54. The Bertz CT molecular complexity index is 244. The van der Waals surface area contributed by atoms with Crippen molar-refractivity contribution in [3.05, 3.63) is 12.2 Å². The van der Waals surface area contributed by atoms with Crippen LogP contribution in [0, 0.1) is 0 Å². The van der Waals surface area contributed by atoms with Crippen molar-refractivity contribution in [1.29, 1.82) is 0 Å². The normalized spacial score (nSPS) is 14.5. The summed E-state index contributed by atoms with van der Waals surface area (Å²) in [6, 6.07) is -0.321. The van der Waals surface area contributed by atoms with Crippen LogP contribution in [0.25, 0.3) is 0 Å². The molecule has 0 heterocycles. The fourth-order valence-electron chi connectivity index (χ4n) is 2.66. The number of ether oxygens (including phenoxy) is 1. The van der Waals surface area contributed by atoms with E-state index in [-0.39, 0.29) is 18.8 Å². The first-order chi connectivity index (χ1) is 10.8. The molecule has 0 saturated heterocycles. The van der Waals surface area contributed by atoms with Gasteiger partial charge in [-0.3, -0.25) is 0 Å². The van der Waals surface area contributed by atoms with E-state index >= 15 is 0 Å². The Hall–Kier alpha value is -0.380. The molecule has 0 aliphatic rings. The molecule has 2 atom stereocenters. The van der Waals surface area contributed by atoms with Gasteiger partial charge in [-0.05, 0) is 12.8 Å². The summed E-state index contributed by atoms with van der Waals surface area (Å²) in [5.41, 5.74) is 5.75. The van der Waals surface area contributed by atoms with Crippen molar-refractivity contribution in [2.24, 2.45) is 5.73 Å². The third-order valence-electron chi connectivity index (χ3n) is 4.21. The first-order valence-electron chi connectivity index (χ1n) is 9.32. The third-order valence-corrected chi connectivity index (χ3v) is 4.21. The summed E-state index contributed by atoms with van der Waals surface area (Å²) < 4.78 is 5.24. The number of aliphatic hydroxyl groups is 1. The molecule has 0 saturated carbocycles. The Morgan fingerprint density at radius 1 is 0.909 bits per heavy atom. The van der Waals surface area contributed by atoms with Crippen LogP contribution < -0.4 is 5.73 Å². The van der Waals surface area contributed by atoms with Gasteiger partial charge in [-0.25, -0.2) is 0 Å². The molecule has 0 aliphatic heterocycles. The van der Waals surface area contributed by atoms with Crippen molar-refractivity contribution in [3.63, 3.8) is 0 Å². The zero-order valence-electron chi connectivity index (χ0n) is 14.9. The molecule has 0 spiro atoms. The molecule has 0 aromatic carbocycles. The van der Waals surface area contributed by atoms with E-state index in [9.17, 15) is 0 Å². The van der Waals surface area contributed by atoms with Gasteiger partial charge < -0.3 is 15.6 Å². The number of hydrogen-bond donors (Lipinski definition) is 2. The molecular formula is C19H39NO2. The molecule has 0 bridgehead atoms. The number of aliphatic hydroxyl groups excluding tert-OH is 1. The van der Waals surface area contributed by atoms with Gasteiger partial charge in [-0.1, -0.05) is 83.3 Å². The van der Waals surface area contributed by atoms with Gasteiger partial charge in [0.25, 0.3) is 0 Å². The Morgan fingerprint density at radius 2 is 1.41 bits per heavy atom. The fourth-order valence-corrected chi connectivity index (χ4v) is 2.66. The van der Waals surface area contributed by atoms with E-state index < -0.39 is 0 Å². The summed E-state index contributed by atoms with van der Waals surface area (Å²) in [7, 11) is 1.63. The highest BCUT2D eigenvalue weighted by atomic mass is 16.5. The Morgan fingerprint density at radius 3 is 1.86 bits per heavy atom. The van der Waals surface area contributed by atoms with Gasteiger partial charge in [0, 0.05) is 7.11 Å². The van der Waals surface area contributed by atoms with Crippen LogP contribution in [0.4, 0.5) is 0 Å². The predicted octanol–water partition coefficient (Wildman–Crippen LogP) is 4.58. The van der Waals surface area contributed by atoms with Crippen LogP contribution in [0.15, 0.2) is 12.2 Å². The Balaban J connectivity index is 3.32. The highest BCUT2D eigenvalue weighted by molar-refractivity contribution is 4.94. The average molecular weight is 314 g/mol. The standard InChI is InChI=1S/C19H39NO2/c1-3-4-5-6-7-8-9-10-11-12-13-14-15-16-19(22-2)18(20)17-21/h15-16,18-19,21H,3-14,17,20H2,1-2H3/t18-,19+/m0/s1.